The summed E-state index contributed by atoms with van der Waals surface area (Å²) in [5, 5.41) is 0. The first kappa shape index (κ1) is 15.8. The molecule has 4 heteroatoms. The molecule has 116 valence electrons. The van der Waals surface area contributed by atoms with E-state index in [2.05, 4.69) is 32.0 Å². The van der Waals surface area contributed by atoms with Gasteiger partial charge in [-0.1, -0.05) is 6.07 Å². The number of aryl methyl sites for hydroxylation is 2. The smallest absolute Gasteiger partial charge is 0.220 e. The number of hydrogen-bond donors (Lipinski definition) is 2. The Morgan fingerprint density at radius 2 is 1.86 bits per heavy atom. The number of nitrogens with one attached hydrogen (secondary N) is 1. The number of benzene rings is 1. The summed E-state index contributed by atoms with van der Waals surface area (Å²) in [6, 6.07) is 6.32. The first-order valence-electron chi connectivity index (χ1n) is 7.88. The molecule has 0 aromatic heterocycles. The second kappa shape index (κ2) is 7.46. The van der Waals surface area contributed by atoms with Crippen LogP contribution < -0.4 is 15.4 Å². The summed E-state index contributed by atoms with van der Waals surface area (Å²) in [5.74, 6) is 0.933. The molecule has 2 rings (SSSR count). The summed E-state index contributed by atoms with van der Waals surface area (Å²) < 4.78 is 5.83. The van der Waals surface area contributed by atoms with Crippen molar-refractivity contribution in [3.63, 3.8) is 0 Å². The number of nitrogens with two attached hydrogens (primary N) is 1. The van der Waals surface area contributed by atoms with Crippen LogP contribution in [-0.2, 0) is 4.79 Å². The second-order valence-electron chi connectivity index (χ2n) is 6.20. The lowest BCUT2D eigenvalue weighted by Gasteiger charge is -2.27. The molecular weight excluding hydrogens is 264 g/mol. The predicted molar refractivity (Wildman–Crippen MR) is 83.5 cm³/mol. The number of amides is 1. The monoisotopic (exact) mass is 291 g/mol. The zero-order valence-electron chi connectivity index (χ0n) is 13.2. The van der Waals surface area contributed by atoms with E-state index in [1.807, 2.05) is 0 Å². The van der Waals surface area contributed by atoms with Gasteiger partial charge in [0.15, 0.2) is 0 Å². The summed E-state index contributed by atoms with van der Waals surface area (Å²) >= 11 is 0. The van der Waals surface area contributed by atoms with Gasteiger partial charge in [-0.2, -0.15) is 0 Å². The van der Waals surface area contributed by atoms with Gasteiger partial charge in [-0.3, -0.25) is 4.79 Å². The van der Waals surface area contributed by atoms with Crippen molar-refractivity contribution in [3.8, 4) is 5.75 Å². The number of piperidine rings is 1. The molecule has 0 spiro atoms. The van der Waals surface area contributed by atoms with E-state index in [4.69, 9.17) is 10.5 Å². The number of hydrogen-bond acceptors (Lipinski definition) is 2. The number of carbonyl (C=O) groups excluding carboxylic acids is 1. The fraction of sp³-hybridized carbons (Fsp3) is 0.588. The average molecular weight is 291 g/mol. The van der Waals surface area contributed by atoms with Crippen LogP contribution in [0.4, 0.5) is 0 Å². The van der Waals surface area contributed by atoms with Crippen molar-refractivity contribution < 1.29 is 14.4 Å². The molecule has 1 heterocycles. The van der Waals surface area contributed by atoms with Crippen molar-refractivity contribution in [2.24, 2.45) is 11.7 Å². The molecule has 0 saturated carbocycles. The van der Waals surface area contributed by atoms with Crippen LogP contribution in [0.15, 0.2) is 18.2 Å². The van der Waals surface area contributed by atoms with Crippen LogP contribution in [0.2, 0.25) is 0 Å². The highest BCUT2D eigenvalue weighted by Crippen LogP contribution is 2.16. The van der Waals surface area contributed by atoms with Gasteiger partial charge in [0.2, 0.25) is 5.91 Å². The summed E-state index contributed by atoms with van der Waals surface area (Å²) in [6.45, 7) is 8.15. The molecule has 1 saturated heterocycles. The van der Waals surface area contributed by atoms with Crippen LogP contribution in [0.1, 0.15) is 30.4 Å². The molecule has 1 aliphatic heterocycles. The van der Waals surface area contributed by atoms with Gasteiger partial charge in [0, 0.05) is 25.2 Å². The first-order valence-corrected chi connectivity index (χ1v) is 7.88. The highest BCUT2D eigenvalue weighted by Gasteiger charge is 2.25. The molecule has 1 fully saturated rings. The van der Waals surface area contributed by atoms with E-state index in [1.54, 1.807) is 4.90 Å². The van der Waals surface area contributed by atoms with E-state index < -0.39 is 0 Å². The maximum atomic E-state index is 11.1. The third-order valence-electron chi connectivity index (χ3n) is 4.23. The minimum Gasteiger partial charge on any atom is -0.493 e. The van der Waals surface area contributed by atoms with Gasteiger partial charge in [-0.25, -0.2) is 0 Å². The van der Waals surface area contributed by atoms with E-state index in [0.717, 1.165) is 51.3 Å². The lowest BCUT2D eigenvalue weighted by molar-refractivity contribution is -0.906. The predicted octanol–water partition coefficient (Wildman–Crippen LogP) is 0.853. The van der Waals surface area contributed by atoms with Gasteiger partial charge in [0.25, 0.3) is 0 Å². The highest BCUT2D eigenvalue weighted by molar-refractivity contribution is 5.76. The maximum Gasteiger partial charge on any atom is 0.220 e. The van der Waals surface area contributed by atoms with Crippen LogP contribution in [0.5, 0.6) is 5.75 Å². The van der Waals surface area contributed by atoms with Crippen molar-refractivity contribution in [3.05, 3.63) is 29.3 Å². The Balaban J connectivity index is 1.65. The Hall–Kier alpha value is -1.55. The minimum absolute atomic E-state index is 0.0975. The van der Waals surface area contributed by atoms with Gasteiger partial charge in [-0.15, -0.1) is 0 Å². The van der Waals surface area contributed by atoms with Gasteiger partial charge in [0.1, 0.15) is 5.75 Å². The van der Waals surface area contributed by atoms with Crippen molar-refractivity contribution in [1.29, 1.82) is 0 Å². The van der Waals surface area contributed by atoms with Gasteiger partial charge in [-0.05, 0) is 37.1 Å². The molecule has 0 aliphatic carbocycles. The quantitative estimate of drug-likeness (QED) is 0.764. The van der Waals surface area contributed by atoms with Crippen molar-refractivity contribution >= 4 is 5.91 Å². The fourth-order valence-electron chi connectivity index (χ4n) is 3.09. The topological polar surface area (TPSA) is 56.8 Å². The first-order chi connectivity index (χ1) is 10.0. The molecule has 4 nitrogen and oxygen atoms in total. The summed E-state index contributed by atoms with van der Waals surface area (Å²) in [7, 11) is 0. The lowest BCUT2D eigenvalue weighted by atomic mass is 9.96. The molecule has 1 aromatic carbocycles. The van der Waals surface area contributed by atoms with Crippen LogP contribution in [0, 0.1) is 19.8 Å². The Morgan fingerprint density at radius 1 is 1.24 bits per heavy atom. The normalized spacial score (nSPS) is 22.0. The Bertz CT molecular complexity index is 459. The fourth-order valence-corrected chi connectivity index (χ4v) is 3.09. The van der Waals surface area contributed by atoms with Crippen LogP contribution in [-0.4, -0.2) is 32.1 Å². The van der Waals surface area contributed by atoms with E-state index in [-0.39, 0.29) is 11.8 Å². The second-order valence-corrected chi connectivity index (χ2v) is 6.20. The van der Waals surface area contributed by atoms with E-state index in [0.29, 0.717) is 0 Å². The number of likely N-dealkylation sites (tertiary alicyclic amines) is 1. The number of quaternary nitrogens is 1. The van der Waals surface area contributed by atoms with Gasteiger partial charge >= 0.3 is 0 Å². The zero-order valence-corrected chi connectivity index (χ0v) is 13.2. The molecule has 1 aromatic rings. The zero-order chi connectivity index (χ0) is 15.2. The number of carbonyl (C=O) groups is 1. The van der Waals surface area contributed by atoms with Crippen LogP contribution in [0.3, 0.4) is 0 Å². The molecule has 0 radical (unpaired) electrons. The van der Waals surface area contributed by atoms with Gasteiger partial charge < -0.3 is 15.4 Å². The highest BCUT2D eigenvalue weighted by atomic mass is 16.5. The summed E-state index contributed by atoms with van der Waals surface area (Å²) in [6.07, 6.45) is 2.91. The average Bonchev–Trinajstić information content (AvgIpc) is 2.43. The SMILES string of the molecule is Cc1cc(C)cc(OCCC[NH+]2CCC(C(N)=O)CC2)c1. The van der Waals surface area contributed by atoms with E-state index in [9.17, 15) is 4.79 Å². The summed E-state index contributed by atoms with van der Waals surface area (Å²) in [4.78, 5) is 12.7. The van der Waals surface area contributed by atoms with E-state index >= 15 is 0 Å². The number of primary amides is 1. The third-order valence-corrected chi connectivity index (χ3v) is 4.23. The van der Waals surface area contributed by atoms with Gasteiger partial charge in [0.05, 0.1) is 26.2 Å². The maximum absolute atomic E-state index is 11.1. The molecule has 3 N–H and O–H groups in total. The van der Waals surface area contributed by atoms with E-state index in [1.165, 1.54) is 11.1 Å². The van der Waals surface area contributed by atoms with Crippen LogP contribution in [0.25, 0.3) is 0 Å². The number of rotatable bonds is 6. The standard InChI is InChI=1S/C17H26N2O2/c1-13-10-14(2)12-16(11-13)21-9-3-6-19-7-4-15(5-8-19)17(18)20/h10-12,15H,3-9H2,1-2H3,(H2,18,20)/p+1. The third kappa shape index (κ3) is 5.05. The summed E-state index contributed by atoms with van der Waals surface area (Å²) in [5.41, 5.74) is 7.83. The Kier molecular flexibility index (Phi) is 5.62. The molecule has 0 bridgehead atoms. The van der Waals surface area contributed by atoms with Crippen molar-refractivity contribution in [1.82, 2.24) is 0 Å². The molecule has 1 aliphatic rings. The molecule has 0 unspecified atom stereocenters. The Morgan fingerprint density at radius 3 is 2.43 bits per heavy atom. The van der Waals surface area contributed by atoms with Crippen LogP contribution >= 0.6 is 0 Å². The molecule has 21 heavy (non-hydrogen) atoms. The largest absolute Gasteiger partial charge is 0.493 e. The van der Waals surface area contributed by atoms with Crippen molar-refractivity contribution in [2.75, 3.05) is 26.2 Å². The Labute approximate surface area is 127 Å². The lowest BCUT2D eigenvalue weighted by Crippen LogP contribution is -3.13. The molecule has 1 amide bonds. The van der Waals surface area contributed by atoms with Crippen molar-refractivity contribution in [2.45, 2.75) is 33.1 Å². The molecular formula is C17H27N2O2+. The minimum atomic E-state index is -0.132. The number of ether oxygens (including phenoxy) is 1. The molecule has 0 atom stereocenters.